The van der Waals surface area contributed by atoms with E-state index in [1.165, 1.54) is 59.2 Å². The van der Waals surface area contributed by atoms with Crippen molar-refractivity contribution in [3.05, 3.63) is 137 Å². The number of unbranched alkanes of at least 4 members (excludes halogenated alkanes) is 3. The third-order valence-corrected chi connectivity index (χ3v) is 9.20. The van der Waals surface area contributed by atoms with Crippen LogP contribution in [0.4, 0.5) is 0 Å². The Labute approximate surface area is 307 Å². The minimum Gasteiger partial charge on any atom is -0.465 e. The fourth-order valence-corrected chi connectivity index (χ4v) is 6.22. The third kappa shape index (κ3) is 17.3. The molecule has 0 saturated carbocycles. The number of likely N-dealkylation sites (N-methyl/N-ethyl adjacent to an activating group) is 1. The zero-order chi connectivity index (χ0) is 37.6. The van der Waals surface area contributed by atoms with Crippen LogP contribution >= 0.6 is 0 Å². The molecule has 51 heavy (non-hydrogen) atoms. The maximum absolute atomic E-state index is 11.6. The normalized spacial score (nSPS) is 11.6. The monoisotopic (exact) mass is 717 g/mol. The quantitative estimate of drug-likeness (QED) is 0.0701. The molecule has 0 saturated heterocycles. The van der Waals surface area contributed by atoms with E-state index in [4.69, 9.17) is 14.0 Å². The van der Waals surface area contributed by atoms with E-state index >= 15 is 0 Å². The number of nitrogens with zero attached hydrogens (tertiary/aromatic N) is 1. The summed E-state index contributed by atoms with van der Waals surface area (Å²) >= 11 is 0. The summed E-state index contributed by atoms with van der Waals surface area (Å²) in [4.78, 5) is 13.5. The molecule has 278 valence electrons. The first kappa shape index (κ1) is 43.3. The molecule has 1 unspecified atom stereocenters. The average Bonchev–Trinajstić information content (AvgIpc) is 3.09. The number of esters is 1. The SMILES string of the molecule is CCCCCCC(C(=O)OCC)N(C)C.Cc1cc(C)cc(COCCC(c2ccccc2)c2ccccc2)c1.Cc1ccc(S(=O)(=O)O)cc1. The molecule has 8 heteroatoms. The minimum absolute atomic E-state index is 0.0666. The molecule has 0 aliphatic rings. The van der Waals surface area contributed by atoms with Crippen LogP contribution < -0.4 is 0 Å². The maximum atomic E-state index is 11.6. The van der Waals surface area contributed by atoms with Gasteiger partial charge < -0.3 is 9.47 Å². The molecule has 0 bridgehead atoms. The lowest BCUT2D eigenvalue weighted by molar-refractivity contribution is -0.148. The standard InChI is InChI=1S/C24H26O.C12H25NO2.C7H8O3S/c1-19-15-20(2)17-21(16-19)18-25-14-13-24(22-9-5-3-6-10-22)23-11-7-4-8-12-23;1-5-7-8-9-10-11(13(3)4)12(14)15-6-2;1-6-2-4-7(5-3-6)11(8,9)10/h3-12,15-17,24H,13-14,18H2,1-2H3;11H,5-10H2,1-4H3;2-5H,1H3,(H,8,9,10). The van der Waals surface area contributed by atoms with Gasteiger partial charge >= 0.3 is 5.97 Å². The number of hydrogen-bond donors (Lipinski definition) is 1. The van der Waals surface area contributed by atoms with Crippen LogP contribution in [-0.2, 0) is 31.0 Å². The van der Waals surface area contributed by atoms with Gasteiger partial charge in [-0.2, -0.15) is 8.42 Å². The van der Waals surface area contributed by atoms with Gasteiger partial charge in [0.15, 0.2) is 0 Å². The van der Waals surface area contributed by atoms with Gasteiger partial charge in [-0.15, -0.1) is 0 Å². The van der Waals surface area contributed by atoms with Crippen LogP contribution in [0.1, 0.15) is 91.7 Å². The highest BCUT2D eigenvalue weighted by Crippen LogP contribution is 2.28. The second-order valence-electron chi connectivity index (χ2n) is 13.1. The van der Waals surface area contributed by atoms with Gasteiger partial charge in [0.1, 0.15) is 6.04 Å². The number of aryl methyl sites for hydroxylation is 3. The predicted octanol–water partition coefficient (Wildman–Crippen LogP) is 9.73. The molecule has 0 aliphatic carbocycles. The van der Waals surface area contributed by atoms with E-state index in [9.17, 15) is 13.2 Å². The largest absolute Gasteiger partial charge is 0.465 e. The summed E-state index contributed by atoms with van der Waals surface area (Å²) in [7, 11) is -0.156. The van der Waals surface area contributed by atoms with Crippen molar-refractivity contribution in [2.45, 2.75) is 96.6 Å². The summed E-state index contributed by atoms with van der Waals surface area (Å²) in [6.07, 6.45) is 6.69. The molecule has 0 aromatic heterocycles. The Morgan fingerprint density at radius 1 is 0.725 bits per heavy atom. The molecule has 4 aromatic carbocycles. The second-order valence-corrected chi connectivity index (χ2v) is 14.5. The lowest BCUT2D eigenvalue weighted by atomic mass is 9.89. The number of carbonyl (C=O) groups is 1. The van der Waals surface area contributed by atoms with Crippen LogP contribution in [0.5, 0.6) is 0 Å². The van der Waals surface area contributed by atoms with Crippen LogP contribution in [0, 0.1) is 20.8 Å². The summed E-state index contributed by atoms with van der Waals surface area (Å²) in [5.41, 5.74) is 7.51. The first-order valence-electron chi connectivity index (χ1n) is 18.0. The molecular formula is C43H59NO6S. The molecule has 7 nitrogen and oxygen atoms in total. The summed E-state index contributed by atoms with van der Waals surface area (Å²) in [6, 6.07) is 34.0. The van der Waals surface area contributed by atoms with Gasteiger partial charge in [0.2, 0.25) is 0 Å². The number of benzene rings is 4. The van der Waals surface area contributed by atoms with E-state index < -0.39 is 10.1 Å². The fraction of sp³-hybridized carbons (Fsp3) is 0.419. The first-order valence-corrected chi connectivity index (χ1v) is 19.4. The highest BCUT2D eigenvalue weighted by Gasteiger charge is 2.21. The van der Waals surface area contributed by atoms with E-state index in [0.717, 1.165) is 31.4 Å². The number of hydrogen-bond acceptors (Lipinski definition) is 6. The zero-order valence-corrected chi connectivity index (χ0v) is 32.5. The molecule has 0 heterocycles. The molecule has 4 aromatic rings. The maximum Gasteiger partial charge on any atom is 0.323 e. The van der Waals surface area contributed by atoms with Crippen molar-refractivity contribution in [2.75, 3.05) is 27.3 Å². The molecule has 0 aliphatic heterocycles. The Morgan fingerprint density at radius 3 is 1.75 bits per heavy atom. The Morgan fingerprint density at radius 2 is 1.27 bits per heavy atom. The highest BCUT2D eigenvalue weighted by molar-refractivity contribution is 7.85. The Kier molecular flexibility index (Phi) is 20.1. The third-order valence-electron chi connectivity index (χ3n) is 8.34. The van der Waals surface area contributed by atoms with E-state index in [1.807, 2.05) is 32.8 Å². The fourth-order valence-electron chi connectivity index (χ4n) is 5.74. The summed E-state index contributed by atoms with van der Waals surface area (Å²) < 4.78 is 40.6. The zero-order valence-electron chi connectivity index (χ0n) is 31.7. The first-order chi connectivity index (χ1) is 24.3. The van der Waals surface area contributed by atoms with Crippen LogP contribution in [0.15, 0.2) is 108 Å². The molecule has 1 N–H and O–H groups in total. The summed E-state index contributed by atoms with van der Waals surface area (Å²) in [6.45, 7) is 12.1. The van der Waals surface area contributed by atoms with Crippen molar-refractivity contribution in [3.8, 4) is 0 Å². The molecule has 0 fully saturated rings. The van der Waals surface area contributed by atoms with Crippen molar-refractivity contribution >= 4 is 16.1 Å². The molecule has 0 radical (unpaired) electrons. The topological polar surface area (TPSA) is 93.1 Å². The second kappa shape index (κ2) is 23.6. The van der Waals surface area contributed by atoms with Crippen molar-refractivity contribution in [1.29, 1.82) is 0 Å². The van der Waals surface area contributed by atoms with E-state index in [2.05, 4.69) is 99.6 Å². The molecule has 0 spiro atoms. The Hall–Kier alpha value is -3.82. The van der Waals surface area contributed by atoms with Crippen LogP contribution in [0.2, 0.25) is 0 Å². The smallest absolute Gasteiger partial charge is 0.323 e. The van der Waals surface area contributed by atoms with Gasteiger partial charge in [-0.1, -0.05) is 140 Å². The van der Waals surface area contributed by atoms with Crippen LogP contribution in [-0.4, -0.2) is 57.2 Å². The van der Waals surface area contributed by atoms with Gasteiger partial charge in [0, 0.05) is 12.5 Å². The average molecular weight is 718 g/mol. The van der Waals surface area contributed by atoms with Crippen molar-refractivity contribution in [2.24, 2.45) is 0 Å². The van der Waals surface area contributed by atoms with E-state index in [1.54, 1.807) is 12.1 Å². The van der Waals surface area contributed by atoms with Gasteiger partial charge in [-0.3, -0.25) is 14.2 Å². The van der Waals surface area contributed by atoms with Crippen molar-refractivity contribution in [1.82, 2.24) is 4.90 Å². The molecule has 0 amide bonds. The number of carbonyl (C=O) groups excluding carboxylic acids is 1. The number of ether oxygens (including phenoxy) is 2. The lowest BCUT2D eigenvalue weighted by Crippen LogP contribution is -2.37. The summed E-state index contributed by atoms with van der Waals surface area (Å²) in [5.74, 6) is 0.292. The van der Waals surface area contributed by atoms with Gasteiger partial charge in [-0.05, 0) is 83.5 Å². The van der Waals surface area contributed by atoms with Crippen LogP contribution in [0.25, 0.3) is 0 Å². The molecule has 4 rings (SSSR count). The van der Waals surface area contributed by atoms with E-state index in [0.29, 0.717) is 19.1 Å². The van der Waals surface area contributed by atoms with Gasteiger partial charge in [0.05, 0.1) is 18.1 Å². The molecule has 1 atom stereocenters. The van der Waals surface area contributed by atoms with Gasteiger partial charge in [0.25, 0.3) is 10.1 Å². The lowest BCUT2D eigenvalue weighted by Gasteiger charge is -2.22. The Bertz CT molecular complexity index is 1580. The predicted molar refractivity (Wildman–Crippen MR) is 209 cm³/mol. The van der Waals surface area contributed by atoms with Gasteiger partial charge in [-0.25, -0.2) is 0 Å². The highest BCUT2D eigenvalue weighted by atomic mass is 32.2. The Balaban J connectivity index is 0.000000295. The van der Waals surface area contributed by atoms with E-state index in [-0.39, 0.29) is 16.9 Å². The molecular weight excluding hydrogens is 659 g/mol. The van der Waals surface area contributed by atoms with Crippen molar-refractivity contribution < 1.29 is 27.2 Å². The summed E-state index contributed by atoms with van der Waals surface area (Å²) in [5, 5.41) is 0. The van der Waals surface area contributed by atoms with Crippen molar-refractivity contribution in [3.63, 3.8) is 0 Å². The van der Waals surface area contributed by atoms with Crippen LogP contribution in [0.3, 0.4) is 0 Å². The minimum atomic E-state index is -4.02. The number of rotatable bonds is 16.